The number of nitrogens with one attached hydrogen (secondary N) is 1. The van der Waals surface area contributed by atoms with Gasteiger partial charge >= 0.3 is 0 Å². The van der Waals surface area contributed by atoms with Gasteiger partial charge in [-0.3, -0.25) is 4.79 Å². The van der Waals surface area contributed by atoms with E-state index in [9.17, 15) is 4.79 Å². The van der Waals surface area contributed by atoms with E-state index in [1.54, 1.807) is 12.1 Å². The van der Waals surface area contributed by atoms with E-state index in [2.05, 4.69) is 26.2 Å². The van der Waals surface area contributed by atoms with E-state index in [-0.39, 0.29) is 5.91 Å². The number of pyridine rings is 1. The first kappa shape index (κ1) is 11.9. The highest BCUT2D eigenvalue weighted by Crippen LogP contribution is 2.36. The lowest BCUT2D eigenvalue weighted by molar-refractivity contribution is 0.0948. The number of carbonyl (C=O) groups excluding carboxylic acids is 1. The van der Waals surface area contributed by atoms with E-state index >= 15 is 0 Å². The Bertz CT molecular complexity index is 378. The molecule has 1 fully saturated rings. The van der Waals surface area contributed by atoms with Crippen LogP contribution in [0.3, 0.4) is 0 Å². The summed E-state index contributed by atoms with van der Waals surface area (Å²) in [5.41, 5.74) is 0.403. The summed E-state index contributed by atoms with van der Waals surface area (Å²) in [6, 6.07) is 3.29. The van der Waals surface area contributed by atoms with Gasteiger partial charge in [0, 0.05) is 17.6 Å². The van der Waals surface area contributed by atoms with E-state index in [1.807, 2.05) is 0 Å². The summed E-state index contributed by atoms with van der Waals surface area (Å²) >= 11 is 9.25. The van der Waals surface area contributed by atoms with E-state index in [1.165, 1.54) is 19.0 Å². The molecule has 16 heavy (non-hydrogen) atoms. The van der Waals surface area contributed by atoms with Gasteiger partial charge in [0.15, 0.2) is 0 Å². The quantitative estimate of drug-likeness (QED) is 0.869. The van der Waals surface area contributed by atoms with E-state index in [0.717, 1.165) is 5.92 Å². The van der Waals surface area contributed by atoms with Crippen molar-refractivity contribution in [3.05, 3.63) is 29.0 Å². The van der Waals surface area contributed by atoms with Crippen LogP contribution in [0.4, 0.5) is 0 Å². The van der Waals surface area contributed by atoms with Crippen molar-refractivity contribution in [3.63, 3.8) is 0 Å². The topological polar surface area (TPSA) is 42.0 Å². The Morgan fingerprint density at radius 2 is 2.38 bits per heavy atom. The van der Waals surface area contributed by atoms with Crippen molar-refractivity contribution in [2.75, 3.05) is 6.54 Å². The summed E-state index contributed by atoms with van der Waals surface area (Å²) in [6.45, 7) is 0.647. The van der Waals surface area contributed by atoms with Crippen LogP contribution < -0.4 is 5.32 Å². The molecule has 0 radical (unpaired) electrons. The van der Waals surface area contributed by atoms with Gasteiger partial charge in [-0.2, -0.15) is 0 Å². The molecule has 1 N–H and O–H groups in total. The first-order valence-corrected chi connectivity index (χ1v) is 6.50. The van der Waals surface area contributed by atoms with Gasteiger partial charge in [-0.25, -0.2) is 4.98 Å². The minimum atomic E-state index is -0.151. The average Bonchev–Trinajstić information content (AvgIpc) is 3.10. The van der Waals surface area contributed by atoms with Gasteiger partial charge in [0.05, 0.1) is 5.02 Å². The molecular formula is C11H12BrClN2O. The van der Waals surface area contributed by atoms with E-state index < -0.39 is 0 Å². The maximum absolute atomic E-state index is 11.7. The zero-order valence-corrected chi connectivity index (χ0v) is 11.0. The molecule has 0 spiro atoms. The zero-order valence-electron chi connectivity index (χ0n) is 8.62. The zero-order chi connectivity index (χ0) is 11.5. The monoisotopic (exact) mass is 302 g/mol. The normalized spacial score (nSPS) is 16.9. The van der Waals surface area contributed by atoms with Gasteiger partial charge < -0.3 is 5.32 Å². The van der Waals surface area contributed by atoms with Gasteiger partial charge in [0.25, 0.3) is 5.91 Å². The lowest BCUT2D eigenvalue weighted by Crippen LogP contribution is -2.30. The molecule has 3 nitrogen and oxygen atoms in total. The van der Waals surface area contributed by atoms with Gasteiger partial charge in [0.1, 0.15) is 5.69 Å². The summed E-state index contributed by atoms with van der Waals surface area (Å²) in [5, 5.41) is 3.38. The third-order valence-corrected chi connectivity index (χ3v) is 3.85. The van der Waals surface area contributed by atoms with Crippen molar-refractivity contribution in [1.82, 2.24) is 10.3 Å². The minimum Gasteiger partial charge on any atom is -0.350 e. The fraction of sp³-hybridized carbons (Fsp3) is 0.455. The standard InChI is InChI=1S/C11H12BrClN2O/c12-9(7-1-2-7)6-15-11(16)10-4-3-8(13)5-14-10/h3-5,7,9H,1-2,6H2,(H,15,16). The molecular weight excluding hydrogens is 291 g/mol. The van der Waals surface area contributed by atoms with Crippen molar-refractivity contribution < 1.29 is 4.79 Å². The van der Waals surface area contributed by atoms with Crippen LogP contribution in [0, 0.1) is 5.92 Å². The third-order valence-electron chi connectivity index (χ3n) is 2.55. The van der Waals surface area contributed by atoms with Crippen LogP contribution in [-0.4, -0.2) is 22.3 Å². The smallest absolute Gasteiger partial charge is 0.269 e. The lowest BCUT2D eigenvalue weighted by Gasteiger charge is -2.09. The minimum absolute atomic E-state index is 0.151. The molecule has 0 aliphatic heterocycles. The van der Waals surface area contributed by atoms with Crippen LogP contribution in [0.25, 0.3) is 0 Å². The van der Waals surface area contributed by atoms with E-state index in [4.69, 9.17) is 11.6 Å². The molecule has 2 rings (SSSR count). The fourth-order valence-electron chi connectivity index (χ4n) is 1.42. The fourth-order valence-corrected chi connectivity index (χ4v) is 2.22. The molecule has 1 amide bonds. The first-order chi connectivity index (χ1) is 7.66. The predicted molar refractivity (Wildman–Crippen MR) is 67.0 cm³/mol. The number of hydrogen-bond acceptors (Lipinski definition) is 2. The summed E-state index contributed by atoms with van der Waals surface area (Å²) in [6.07, 6.45) is 3.99. The molecule has 1 aromatic rings. The molecule has 0 bridgehead atoms. The molecule has 5 heteroatoms. The number of carbonyl (C=O) groups is 1. The van der Waals surface area contributed by atoms with Crippen LogP contribution in [-0.2, 0) is 0 Å². The van der Waals surface area contributed by atoms with Crippen molar-refractivity contribution in [2.45, 2.75) is 17.7 Å². The number of rotatable bonds is 4. The molecule has 1 saturated carbocycles. The molecule has 0 saturated heterocycles. The second-order valence-corrected chi connectivity index (χ2v) is 5.54. The Hall–Kier alpha value is -0.610. The van der Waals surface area contributed by atoms with Gasteiger partial charge in [0.2, 0.25) is 0 Å². The van der Waals surface area contributed by atoms with Crippen molar-refractivity contribution in [3.8, 4) is 0 Å². The van der Waals surface area contributed by atoms with E-state index in [0.29, 0.717) is 22.1 Å². The summed E-state index contributed by atoms with van der Waals surface area (Å²) in [7, 11) is 0. The van der Waals surface area contributed by atoms with Crippen LogP contribution in [0.5, 0.6) is 0 Å². The van der Waals surface area contributed by atoms with Crippen LogP contribution >= 0.6 is 27.5 Å². The van der Waals surface area contributed by atoms with Crippen molar-refractivity contribution >= 4 is 33.4 Å². The number of halogens is 2. The maximum atomic E-state index is 11.7. The Morgan fingerprint density at radius 1 is 1.62 bits per heavy atom. The van der Waals surface area contributed by atoms with Gasteiger partial charge in [-0.05, 0) is 30.9 Å². The van der Waals surface area contributed by atoms with Gasteiger partial charge in [-0.1, -0.05) is 27.5 Å². The van der Waals surface area contributed by atoms with Crippen LogP contribution in [0.15, 0.2) is 18.3 Å². The molecule has 1 aliphatic rings. The molecule has 0 aromatic carbocycles. The lowest BCUT2D eigenvalue weighted by atomic mass is 10.3. The SMILES string of the molecule is O=C(NCC(Br)C1CC1)c1ccc(Cl)cn1. The highest BCUT2D eigenvalue weighted by Gasteiger charge is 2.29. The third kappa shape index (κ3) is 3.19. The Balaban J connectivity index is 1.85. The Labute approximate surface area is 108 Å². The van der Waals surface area contributed by atoms with Crippen molar-refractivity contribution in [1.29, 1.82) is 0 Å². The summed E-state index contributed by atoms with van der Waals surface area (Å²) < 4.78 is 0. The second-order valence-electron chi connectivity index (χ2n) is 3.93. The number of alkyl halides is 1. The number of nitrogens with zero attached hydrogens (tertiary/aromatic N) is 1. The Morgan fingerprint density at radius 3 is 2.94 bits per heavy atom. The number of amides is 1. The molecule has 1 aromatic heterocycles. The summed E-state index contributed by atoms with van der Waals surface area (Å²) in [4.78, 5) is 16.0. The maximum Gasteiger partial charge on any atom is 0.269 e. The van der Waals surface area contributed by atoms with Crippen LogP contribution in [0.1, 0.15) is 23.3 Å². The highest BCUT2D eigenvalue weighted by molar-refractivity contribution is 9.09. The number of aromatic nitrogens is 1. The molecule has 86 valence electrons. The molecule has 1 atom stereocenters. The van der Waals surface area contributed by atoms with Gasteiger partial charge in [-0.15, -0.1) is 0 Å². The number of hydrogen-bond donors (Lipinski definition) is 1. The summed E-state index contributed by atoms with van der Waals surface area (Å²) in [5.74, 6) is 0.570. The van der Waals surface area contributed by atoms with Crippen LogP contribution in [0.2, 0.25) is 5.02 Å². The van der Waals surface area contributed by atoms with Crippen molar-refractivity contribution in [2.24, 2.45) is 5.92 Å². The molecule has 1 heterocycles. The average molecular weight is 304 g/mol. The second kappa shape index (κ2) is 5.15. The molecule has 1 aliphatic carbocycles. The largest absolute Gasteiger partial charge is 0.350 e. The Kier molecular flexibility index (Phi) is 3.82. The first-order valence-electron chi connectivity index (χ1n) is 5.20. The highest BCUT2D eigenvalue weighted by atomic mass is 79.9. The molecule has 1 unspecified atom stereocenters. The predicted octanol–water partition coefficient (Wildman–Crippen LogP) is 2.64.